The standard InChI is InChI=1S/C18H23ClN4O3/c1-12-15(23-6-5-13(19)11-14(23)20-12)16(24)21-7-9-22(10-8-21)17(25)26-18(2,3)4/h5-6,11H,7-10H2,1-4H3. The number of amides is 2. The van der Waals surface area contributed by atoms with E-state index in [1.807, 2.05) is 27.7 Å². The van der Waals surface area contributed by atoms with Crippen LogP contribution >= 0.6 is 11.6 Å². The summed E-state index contributed by atoms with van der Waals surface area (Å²) in [6, 6.07) is 3.46. The predicted octanol–water partition coefficient (Wildman–Crippen LogP) is 2.99. The van der Waals surface area contributed by atoms with E-state index in [1.54, 1.807) is 32.5 Å². The molecule has 7 nitrogen and oxygen atoms in total. The molecule has 1 saturated heterocycles. The second-order valence-corrected chi connectivity index (χ2v) is 7.82. The molecule has 2 amide bonds. The van der Waals surface area contributed by atoms with Crippen LogP contribution in [0, 0.1) is 6.92 Å². The number of nitrogens with zero attached hydrogens (tertiary/aromatic N) is 4. The Morgan fingerprint density at radius 1 is 1.15 bits per heavy atom. The Morgan fingerprint density at radius 3 is 2.38 bits per heavy atom. The zero-order valence-corrected chi connectivity index (χ0v) is 16.2. The number of hydrogen-bond acceptors (Lipinski definition) is 4. The predicted molar refractivity (Wildman–Crippen MR) is 98.6 cm³/mol. The van der Waals surface area contributed by atoms with Crippen LogP contribution in [-0.4, -0.2) is 63.0 Å². The van der Waals surface area contributed by atoms with Gasteiger partial charge in [-0.15, -0.1) is 0 Å². The number of piperazine rings is 1. The lowest BCUT2D eigenvalue weighted by atomic mass is 10.2. The zero-order chi connectivity index (χ0) is 19.1. The molecule has 1 fully saturated rings. The van der Waals surface area contributed by atoms with Crippen LogP contribution in [0.15, 0.2) is 18.3 Å². The van der Waals surface area contributed by atoms with Crippen LogP contribution < -0.4 is 0 Å². The van der Waals surface area contributed by atoms with E-state index < -0.39 is 5.60 Å². The van der Waals surface area contributed by atoms with Crippen LogP contribution in [-0.2, 0) is 4.74 Å². The molecule has 1 aliphatic rings. The van der Waals surface area contributed by atoms with Gasteiger partial charge in [0.15, 0.2) is 0 Å². The van der Waals surface area contributed by atoms with E-state index in [-0.39, 0.29) is 12.0 Å². The molecule has 3 rings (SSSR count). The first kappa shape index (κ1) is 18.5. The molecule has 0 aliphatic carbocycles. The largest absolute Gasteiger partial charge is 0.444 e. The van der Waals surface area contributed by atoms with E-state index in [4.69, 9.17) is 16.3 Å². The molecule has 140 valence electrons. The summed E-state index contributed by atoms with van der Waals surface area (Å²) in [5.74, 6) is -0.0961. The van der Waals surface area contributed by atoms with Crippen molar-refractivity contribution in [3.05, 3.63) is 34.7 Å². The minimum atomic E-state index is -0.529. The van der Waals surface area contributed by atoms with Crippen LogP contribution in [0.2, 0.25) is 5.02 Å². The summed E-state index contributed by atoms with van der Waals surface area (Å²) in [7, 11) is 0. The Bertz CT molecular complexity index is 848. The Balaban J connectivity index is 1.71. The molecule has 0 atom stereocenters. The van der Waals surface area contributed by atoms with Gasteiger partial charge >= 0.3 is 6.09 Å². The zero-order valence-electron chi connectivity index (χ0n) is 15.5. The van der Waals surface area contributed by atoms with Crippen molar-refractivity contribution in [2.45, 2.75) is 33.3 Å². The highest BCUT2D eigenvalue weighted by Gasteiger charge is 2.30. The van der Waals surface area contributed by atoms with Gasteiger partial charge in [-0.1, -0.05) is 11.6 Å². The molecule has 2 aromatic rings. The summed E-state index contributed by atoms with van der Waals surface area (Å²) in [6.07, 6.45) is 1.41. The van der Waals surface area contributed by atoms with E-state index in [2.05, 4.69) is 4.98 Å². The molecule has 0 saturated carbocycles. The summed E-state index contributed by atoms with van der Waals surface area (Å²) in [5, 5.41) is 0.576. The van der Waals surface area contributed by atoms with Gasteiger partial charge in [-0.3, -0.25) is 9.20 Å². The summed E-state index contributed by atoms with van der Waals surface area (Å²) >= 11 is 6.00. The number of aromatic nitrogens is 2. The number of halogens is 1. The van der Waals surface area contributed by atoms with Gasteiger partial charge in [0, 0.05) is 43.5 Å². The maximum Gasteiger partial charge on any atom is 0.410 e. The summed E-state index contributed by atoms with van der Waals surface area (Å²) in [6.45, 7) is 9.13. The summed E-state index contributed by atoms with van der Waals surface area (Å²) in [4.78, 5) is 32.9. The molecule has 1 aliphatic heterocycles. The first-order valence-electron chi connectivity index (χ1n) is 8.57. The van der Waals surface area contributed by atoms with Crippen molar-refractivity contribution >= 4 is 29.2 Å². The van der Waals surface area contributed by atoms with Gasteiger partial charge in [0.2, 0.25) is 0 Å². The summed E-state index contributed by atoms with van der Waals surface area (Å²) < 4.78 is 7.14. The van der Waals surface area contributed by atoms with E-state index in [9.17, 15) is 9.59 Å². The number of hydrogen-bond donors (Lipinski definition) is 0. The second-order valence-electron chi connectivity index (χ2n) is 7.38. The maximum atomic E-state index is 13.0. The van der Waals surface area contributed by atoms with Gasteiger partial charge in [0.1, 0.15) is 16.9 Å². The molecule has 2 aromatic heterocycles. The van der Waals surface area contributed by atoms with Crippen molar-refractivity contribution in [2.24, 2.45) is 0 Å². The van der Waals surface area contributed by atoms with Crippen molar-refractivity contribution in [3.8, 4) is 0 Å². The summed E-state index contributed by atoms with van der Waals surface area (Å²) in [5.41, 5.74) is 1.30. The molecule has 0 bridgehead atoms. The number of aryl methyl sites for hydroxylation is 1. The van der Waals surface area contributed by atoms with E-state index in [1.165, 1.54) is 0 Å². The van der Waals surface area contributed by atoms with Crippen molar-refractivity contribution in [1.82, 2.24) is 19.2 Å². The highest BCUT2D eigenvalue weighted by atomic mass is 35.5. The van der Waals surface area contributed by atoms with E-state index >= 15 is 0 Å². The number of carbonyl (C=O) groups excluding carboxylic acids is 2. The Kier molecular flexibility index (Phi) is 4.84. The fraction of sp³-hybridized carbons (Fsp3) is 0.500. The molecule has 26 heavy (non-hydrogen) atoms. The van der Waals surface area contributed by atoms with Crippen molar-refractivity contribution in [3.63, 3.8) is 0 Å². The average Bonchev–Trinajstić information content (AvgIpc) is 2.87. The number of fused-ring (bicyclic) bond motifs is 1. The van der Waals surface area contributed by atoms with E-state index in [0.717, 1.165) is 0 Å². The molecule has 0 unspecified atom stereocenters. The second kappa shape index (κ2) is 6.79. The van der Waals surface area contributed by atoms with Crippen LogP contribution in [0.1, 0.15) is 37.0 Å². The average molecular weight is 379 g/mol. The SMILES string of the molecule is Cc1nc2cc(Cl)ccn2c1C(=O)N1CCN(C(=O)OC(C)(C)C)CC1. The molecular weight excluding hydrogens is 356 g/mol. The molecule has 0 spiro atoms. The number of rotatable bonds is 1. The van der Waals surface area contributed by atoms with Gasteiger partial charge in [-0.25, -0.2) is 9.78 Å². The van der Waals surface area contributed by atoms with Crippen LogP contribution in [0.5, 0.6) is 0 Å². The van der Waals surface area contributed by atoms with Gasteiger partial charge < -0.3 is 14.5 Å². The lowest BCUT2D eigenvalue weighted by Gasteiger charge is -2.35. The highest BCUT2D eigenvalue weighted by molar-refractivity contribution is 6.30. The minimum Gasteiger partial charge on any atom is -0.444 e. The third-order valence-corrected chi connectivity index (χ3v) is 4.42. The van der Waals surface area contributed by atoms with Crippen LogP contribution in [0.4, 0.5) is 4.79 Å². The first-order valence-corrected chi connectivity index (χ1v) is 8.95. The third-order valence-electron chi connectivity index (χ3n) is 4.18. The van der Waals surface area contributed by atoms with Gasteiger partial charge in [-0.2, -0.15) is 0 Å². The first-order chi connectivity index (χ1) is 12.2. The minimum absolute atomic E-state index is 0.0961. The van der Waals surface area contributed by atoms with Crippen molar-refractivity contribution in [2.75, 3.05) is 26.2 Å². The molecule has 0 N–H and O–H groups in total. The number of ether oxygens (including phenoxy) is 1. The smallest absolute Gasteiger partial charge is 0.410 e. The van der Waals surface area contributed by atoms with Crippen molar-refractivity contribution < 1.29 is 14.3 Å². The molecule has 8 heteroatoms. The maximum absolute atomic E-state index is 13.0. The lowest BCUT2D eigenvalue weighted by molar-refractivity contribution is 0.0140. The normalized spacial score (nSPS) is 15.4. The Labute approximate surface area is 157 Å². The van der Waals surface area contributed by atoms with Gasteiger partial charge in [0.25, 0.3) is 5.91 Å². The topological polar surface area (TPSA) is 67.2 Å². The number of pyridine rings is 1. The number of carbonyl (C=O) groups is 2. The fourth-order valence-corrected chi connectivity index (χ4v) is 3.12. The van der Waals surface area contributed by atoms with Crippen LogP contribution in [0.25, 0.3) is 5.65 Å². The van der Waals surface area contributed by atoms with Crippen molar-refractivity contribution in [1.29, 1.82) is 0 Å². The molecular formula is C18H23ClN4O3. The molecule has 0 aromatic carbocycles. The monoisotopic (exact) mass is 378 g/mol. The Morgan fingerprint density at radius 2 is 1.77 bits per heavy atom. The lowest BCUT2D eigenvalue weighted by Crippen LogP contribution is -2.51. The highest BCUT2D eigenvalue weighted by Crippen LogP contribution is 2.19. The molecule has 3 heterocycles. The quantitative estimate of drug-likeness (QED) is 0.765. The van der Waals surface area contributed by atoms with Gasteiger partial charge in [0.05, 0.1) is 5.69 Å². The third kappa shape index (κ3) is 3.77. The Hall–Kier alpha value is -2.28. The van der Waals surface area contributed by atoms with E-state index in [0.29, 0.717) is 48.2 Å². The van der Waals surface area contributed by atoms with Gasteiger partial charge in [-0.05, 0) is 33.8 Å². The fourth-order valence-electron chi connectivity index (χ4n) is 2.96. The number of imidazole rings is 1. The molecule has 0 radical (unpaired) electrons. The van der Waals surface area contributed by atoms with Crippen LogP contribution in [0.3, 0.4) is 0 Å².